The lowest BCUT2D eigenvalue weighted by Crippen LogP contribution is -2.85. The molecule has 0 fully saturated rings. The Morgan fingerprint density at radius 1 is 0.769 bits per heavy atom. The summed E-state index contributed by atoms with van der Waals surface area (Å²) in [6, 6.07) is 27.9. The summed E-state index contributed by atoms with van der Waals surface area (Å²) in [7, 11) is 1.69. The first-order valence-corrected chi connectivity index (χ1v) is 8.53. The standard InChI is InChI=1S/C22H19N3O/c1-25-20(26)22(24-21(25)23,18-10-6-3-7-11-18)19-14-12-17(13-15-19)16-8-4-2-5-9-16/h2-15H,1H3,(H2,23,24)/p+1. The van der Waals surface area contributed by atoms with E-state index in [1.54, 1.807) is 7.05 Å². The van der Waals surface area contributed by atoms with E-state index in [-0.39, 0.29) is 5.91 Å². The molecule has 4 rings (SSSR count). The van der Waals surface area contributed by atoms with Gasteiger partial charge in [-0.1, -0.05) is 84.9 Å². The van der Waals surface area contributed by atoms with Gasteiger partial charge in [0.15, 0.2) is 0 Å². The molecule has 4 nitrogen and oxygen atoms in total. The lowest BCUT2D eigenvalue weighted by molar-refractivity contribution is -0.525. The normalized spacial score (nSPS) is 19.5. The van der Waals surface area contributed by atoms with Crippen LogP contribution in [0.5, 0.6) is 0 Å². The Morgan fingerprint density at radius 2 is 1.27 bits per heavy atom. The zero-order valence-electron chi connectivity index (χ0n) is 14.5. The van der Waals surface area contributed by atoms with Crippen LogP contribution in [0.1, 0.15) is 11.1 Å². The largest absolute Gasteiger partial charge is 0.352 e. The van der Waals surface area contributed by atoms with E-state index in [1.165, 1.54) is 4.90 Å². The number of nitrogens with one attached hydrogen (secondary N) is 1. The second-order valence-electron chi connectivity index (χ2n) is 6.43. The molecule has 4 heteroatoms. The van der Waals surface area contributed by atoms with Gasteiger partial charge in [-0.15, -0.1) is 0 Å². The monoisotopic (exact) mass is 342 g/mol. The van der Waals surface area contributed by atoms with Gasteiger partial charge >= 0.3 is 11.9 Å². The maximum Gasteiger partial charge on any atom is 0.352 e. The first kappa shape index (κ1) is 16.1. The van der Waals surface area contributed by atoms with E-state index < -0.39 is 5.54 Å². The Kier molecular flexibility index (Phi) is 3.81. The number of hydrogen-bond donors (Lipinski definition) is 2. The van der Waals surface area contributed by atoms with Gasteiger partial charge in [0.2, 0.25) is 5.54 Å². The van der Waals surface area contributed by atoms with Crippen LogP contribution in [0.3, 0.4) is 0 Å². The van der Waals surface area contributed by atoms with Crippen molar-refractivity contribution in [3.63, 3.8) is 0 Å². The first-order chi connectivity index (χ1) is 12.6. The lowest BCUT2D eigenvalue weighted by Gasteiger charge is -2.23. The number of carbonyl (C=O) groups is 1. The number of nitrogens with two attached hydrogens (primary N) is 1. The number of nitrogens with zero attached hydrogens (tertiary/aromatic N) is 1. The second-order valence-corrected chi connectivity index (χ2v) is 6.43. The summed E-state index contributed by atoms with van der Waals surface area (Å²) in [4.78, 5) is 17.9. The first-order valence-electron chi connectivity index (χ1n) is 8.53. The highest BCUT2D eigenvalue weighted by molar-refractivity contribution is 6.03. The molecule has 1 aliphatic rings. The fourth-order valence-electron chi connectivity index (χ4n) is 3.48. The minimum absolute atomic E-state index is 0.0892. The third-order valence-electron chi connectivity index (χ3n) is 4.93. The Morgan fingerprint density at radius 3 is 1.81 bits per heavy atom. The van der Waals surface area contributed by atoms with Gasteiger partial charge < -0.3 is 0 Å². The highest BCUT2D eigenvalue weighted by Crippen LogP contribution is 2.31. The Labute approximate surface area is 152 Å². The van der Waals surface area contributed by atoms with Crippen LogP contribution in [0.15, 0.2) is 84.9 Å². The van der Waals surface area contributed by atoms with Crippen LogP contribution in [0.2, 0.25) is 0 Å². The second kappa shape index (κ2) is 6.15. The number of likely N-dealkylation sites (N-methyl/N-ethyl adjacent to an activating group) is 1. The molecule has 0 saturated heterocycles. The maximum atomic E-state index is 13.2. The van der Waals surface area contributed by atoms with E-state index in [2.05, 4.69) is 17.1 Å². The molecule has 0 bridgehead atoms. The van der Waals surface area contributed by atoms with Crippen LogP contribution in [-0.4, -0.2) is 23.8 Å². The van der Waals surface area contributed by atoms with Crippen LogP contribution < -0.4 is 10.7 Å². The van der Waals surface area contributed by atoms with Crippen molar-refractivity contribution in [1.29, 1.82) is 0 Å². The van der Waals surface area contributed by atoms with Gasteiger partial charge in [-0.2, -0.15) is 0 Å². The zero-order valence-corrected chi connectivity index (χ0v) is 14.5. The zero-order chi connectivity index (χ0) is 18.1. The molecular weight excluding hydrogens is 322 g/mol. The summed E-state index contributed by atoms with van der Waals surface area (Å²) in [6.45, 7) is 0. The molecular formula is C22H20N3O+. The Hall–Kier alpha value is -3.40. The molecule has 0 spiro atoms. The highest BCUT2D eigenvalue weighted by atomic mass is 16.2. The van der Waals surface area contributed by atoms with Gasteiger partial charge in [0.1, 0.15) is 0 Å². The van der Waals surface area contributed by atoms with Crippen molar-refractivity contribution in [1.82, 2.24) is 4.90 Å². The number of hydrogen-bond acceptors (Lipinski definition) is 2. The summed E-state index contributed by atoms with van der Waals surface area (Å²) in [5, 5.41) is 0. The third-order valence-corrected chi connectivity index (χ3v) is 4.93. The van der Waals surface area contributed by atoms with E-state index in [0.717, 1.165) is 22.3 Å². The summed E-state index contributed by atoms with van der Waals surface area (Å²) in [5.74, 6) is 0.264. The van der Waals surface area contributed by atoms with E-state index in [0.29, 0.717) is 5.96 Å². The highest BCUT2D eigenvalue weighted by Gasteiger charge is 2.53. The average molecular weight is 342 g/mol. The molecule has 3 aromatic carbocycles. The third kappa shape index (κ3) is 2.39. The van der Waals surface area contributed by atoms with Gasteiger partial charge in [-0.25, -0.2) is 4.90 Å². The minimum Gasteiger partial charge on any atom is -0.290 e. The topological polar surface area (TPSA) is 60.3 Å². The molecule has 1 aliphatic heterocycles. The maximum absolute atomic E-state index is 13.2. The molecule has 128 valence electrons. The summed E-state index contributed by atoms with van der Waals surface area (Å²) >= 11 is 0. The number of amides is 1. The van der Waals surface area contributed by atoms with Crippen LogP contribution in [0, 0.1) is 0 Å². The van der Waals surface area contributed by atoms with Gasteiger partial charge in [-0.05, 0) is 11.1 Å². The van der Waals surface area contributed by atoms with Crippen molar-refractivity contribution in [2.45, 2.75) is 5.54 Å². The SMILES string of the molecule is CN1C(=O)C(c2ccccc2)(c2ccc(-c3ccccc3)cc2)[NH+]=C1N. The average Bonchev–Trinajstić information content (AvgIpc) is 2.94. The Bertz CT molecular complexity index is 965. The van der Waals surface area contributed by atoms with Crippen LogP contribution in [0.25, 0.3) is 11.1 Å². The van der Waals surface area contributed by atoms with E-state index in [4.69, 9.17) is 5.73 Å². The molecule has 3 N–H and O–H groups in total. The van der Waals surface area contributed by atoms with Crippen molar-refractivity contribution in [2.75, 3.05) is 7.05 Å². The van der Waals surface area contributed by atoms with Gasteiger partial charge in [0.05, 0.1) is 7.05 Å². The molecule has 0 saturated carbocycles. The summed E-state index contributed by atoms with van der Waals surface area (Å²) in [5.41, 5.74) is 9.02. The van der Waals surface area contributed by atoms with Crippen molar-refractivity contribution in [3.8, 4) is 11.1 Å². The fraction of sp³-hybridized carbons (Fsp3) is 0.0909. The quantitative estimate of drug-likeness (QED) is 0.757. The van der Waals surface area contributed by atoms with Crippen molar-refractivity contribution in [2.24, 2.45) is 5.73 Å². The molecule has 1 heterocycles. The number of rotatable bonds is 3. The molecule has 1 unspecified atom stereocenters. The minimum atomic E-state index is -1.00. The Balaban J connectivity index is 1.85. The van der Waals surface area contributed by atoms with Gasteiger partial charge in [0, 0.05) is 11.1 Å². The van der Waals surface area contributed by atoms with Crippen LogP contribution >= 0.6 is 0 Å². The van der Waals surface area contributed by atoms with Crippen molar-refractivity contribution < 1.29 is 9.79 Å². The summed E-state index contributed by atoms with van der Waals surface area (Å²) < 4.78 is 0. The molecule has 0 aromatic heterocycles. The van der Waals surface area contributed by atoms with E-state index in [1.807, 2.05) is 72.8 Å². The molecule has 3 aromatic rings. The van der Waals surface area contributed by atoms with Gasteiger partial charge in [0.25, 0.3) is 0 Å². The van der Waals surface area contributed by atoms with E-state index >= 15 is 0 Å². The van der Waals surface area contributed by atoms with Crippen molar-refractivity contribution in [3.05, 3.63) is 96.1 Å². The molecule has 0 aliphatic carbocycles. The predicted octanol–water partition coefficient (Wildman–Crippen LogP) is 1.46. The fourth-order valence-corrected chi connectivity index (χ4v) is 3.48. The van der Waals surface area contributed by atoms with E-state index in [9.17, 15) is 4.79 Å². The van der Waals surface area contributed by atoms with Crippen molar-refractivity contribution >= 4 is 11.9 Å². The predicted molar refractivity (Wildman–Crippen MR) is 102 cm³/mol. The number of guanidine groups is 1. The number of benzene rings is 3. The number of carbonyl (C=O) groups excluding carboxylic acids is 1. The molecule has 1 atom stereocenters. The lowest BCUT2D eigenvalue weighted by atomic mass is 9.82. The van der Waals surface area contributed by atoms with Gasteiger partial charge in [-0.3, -0.25) is 15.5 Å². The molecule has 26 heavy (non-hydrogen) atoms. The molecule has 1 amide bonds. The molecule has 0 radical (unpaired) electrons. The summed E-state index contributed by atoms with van der Waals surface area (Å²) in [6.07, 6.45) is 0. The smallest absolute Gasteiger partial charge is 0.290 e. The van der Waals surface area contributed by atoms with Crippen LogP contribution in [0.4, 0.5) is 0 Å². The van der Waals surface area contributed by atoms with Crippen LogP contribution in [-0.2, 0) is 10.3 Å².